The number of hydrogen-bond acceptors (Lipinski definition) is 0. The van der Waals surface area contributed by atoms with Gasteiger partial charge >= 0.3 is 7.25 Å². The van der Waals surface area contributed by atoms with Crippen molar-refractivity contribution in [2.24, 2.45) is 0 Å². The van der Waals surface area contributed by atoms with Crippen molar-refractivity contribution >= 4 is 7.25 Å². The van der Waals surface area contributed by atoms with Crippen molar-refractivity contribution in [1.82, 2.24) is 0 Å². The minimum absolute atomic E-state index is 0.966. The predicted octanol–water partition coefficient (Wildman–Crippen LogP) is 3.75. The van der Waals surface area contributed by atoms with Crippen LogP contribution in [-0.2, 0) is 6.54 Å². The molecule has 1 aromatic carbocycles. The Hall–Kier alpha value is -1.30. The highest BCUT2D eigenvalue weighted by Gasteiger charge is 2.20. The molecule has 1 nitrogen and oxygen atoms in total. The summed E-state index contributed by atoms with van der Waals surface area (Å²) in [6.07, 6.45) is 1.98. The average molecular weight is 263 g/mol. The van der Waals surface area contributed by atoms with Crippen LogP contribution in [0, 0.1) is 0 Å². The SMILES string of the molecule is C=CC[N+](C)(C)Cc1ccccc1.F[B-](F)(F)F. The number of halogens is 4. The Morgan fingerprint density at radius 1 is 1.11 bits per heavy atom. The first kappa shape index (κ1) is 16.7. The van der Waals surface area contributed by atoms with Crippen LogP contribution in [0.4, 0.5) is 17.3 Å². The zero-order valence-electron chi connectivity index (χ0n) is 10.6. The van der Waals surface area contributed by atoms with Gasteiger partial charge in [0, 0.05) is 5.56 Å². The number of likely N-dealkylation sites (N-methyl/N-ethyl adjacent to an activating group) is 1. The average Bonchev–Trinajstić information content (AvgIpc) is 2.15. The molecule has 0 aliphatic heterocycles. The van der Waals surface area contributed by atoms with Crippen LogP contribution in [0.25, 0.3) is 0 Å². The Bertz CT molecular complexity index is 343. The summed E-state index contributed by atoms with van der Waals surface area (Å²) in [5, 5.41) is 0. The molecule has 0 unspecified atom stereocenters. The molecule has 0 atom stereocenters. The highest BCUT2D eigenvalue weighted by Crippen LogP contribution is 2.08. The molecule has 1 aromatic rings. The molecule has 0 aliphatic carbocycles. The molecule has 0 spiro atoms. The maximum atomic E-state index is 9.75. The molecule has 18 heavy (non-hydrogen) atoms. The number of rotatable bonds is 4. The van der Waals surface area contributed by atoms with Crippen LogP contribution < -0.4 is 0 Å². The summed E-state index contributed by atoms with van der Waals surface area (Å²) in [5.74, 6) is 0. The van der Waals surface area contributed by atoms with Gasteiger partial charge in [0.05, 0.1) is 20.6 Å². The van der Waals surface area contributed by atoms with Crippen LogP contribution in [0.1, 0.15) is 5.56 Å². The Morgan fingerprint density at radius 2 is 1.56 bits per heavy atom. The lowest BCUT2D eigenvalue weighted by atomic mass is 10.2. The molecule has 0 heterocycles. The van der Waals surface area contributed by atoms with Gasteiger partial charge in [-0.05, 0) is 6.08 Å². The monoisotopic (exact) mass is 263 g/mol. The summed E-state index contributed by atoms with van der Waals surface area (Å²) in [6, 6.07) is 10.6. The molecule has 1 rings (SSSR count). The third-order valence-electron chi connectivity index (χ3n) is 2.08. The summed E-state index contributed by atoms with van der Waals surface area (Å²) < 4.78 is 40.0. The number of quaternary nitrogens is 1. The van der Waals surface area contributed by atoms with Gasteiger partial charge in [-0.3, -0.25) is 0 Å². The largest absolute Gasteiger partial charge is 0.673 e. The second-order valence-electron chi connectivity index (χ2n) is 4.55. The fourth-order valence-electron chi connectivity index (χ4n) is 1.49. The molecule has 102 valence electrons. The maximum absolute atomic E-state index is 9.75. The smallest absolute Gasteiger partial charge is 0.418 e. The molecular formula is C12H18BF4N. The number of nitrogens with zero attached hydrogens (tertiary/aromatic N) is 1. The normalized spacial score (nSPS) is 11.4. The second-order valence-corrected chi connectivity index (χ2v) is 4.55. The van der Waals surface area contributed by atoms with E-state index >= 15 is 0 Å². The summed E-state index contributed by atoms with van der Waals surface area (Å²) in [5.41, 5.74) is 1.38. The molecule has 0 amide bonds. The second kappa shape index (κ2) is 7.21. The molecule has 6 heteroatoms. The zero-order chi connectivity index (χ0) is 14.2. The molecule has 0 saturated heterocycles. The molecule has 0 aliphatic rings. The molecule has 0 bridgehead atoms. The topological polar surface area (TPSA) is 0 Å². The van der Waals surface area contributed by atoms with Crippen molar-refractivity contribution < 1.29 is 21.7 Å². The van der Waals surface area contributed by atoms with Gasteiger partial charge in [-0.2, -0.15) is 0 Å². The van der Waals surface area contributed by atoms with Gasteiger partial charge in [0.2, 0.25) is 0 Å². The molecule has 0 N–H and O–H groups in total. The molecule has 0 saturated carbocycles. The van der Waals surface area contributed by atoms with E-state index in [9.17, 15) is 17.3 Å². The van der Waals surface area contributed by atoms with Gasteiger partial charge in [-0.1, -0.05) is 36.9 Å². The molecule has 0 aromatic heterocycles. The Morgan fingerprint density at radius 3 is 1.94 bits per heavy atom. The fraction of sp³-hybridized carbons (Fsp3) is 0.333. The first-order chi connectivity index (χ1) is 8.14. The molecule has 0 fully saturated rings. The summed E-state index contributed by atoms with van der Waals surface area (Å²) in [4.78, 5) is 0. The van der Waals surface area contributed by atoms with Crippen LogP contribution in [0.3, 0.4) is 0 Å². The van der Waals surface area contributed by atoms with Gasteiger partial charge in [0.25, 0.3) is 0 Å². The number of hydrogen-bond donors (Lipinski definition) is 0. The summed E-state index contributed by atoms with van der Waals surface area (Å²) >= 11 is 0. The standard InChI is InChI=1S/C12H18N.BF4/c1-4-10-13(2,3)11-12-8-6-5-7-9-12;2-1(3,4)5/h4-9H,1,10-11H2,2-3H3;/q+1;-1. The van der Waals surface area contributed by atoms with Crippen molar-refractivity contribution in [3.05, 3.63) is 48.6 Å². The minimum atomic E-state index is -6.00. The molecule has 0 radical (unpaired) electrons. The van der Waals surface area contributed by atoms with E-state index in [4.69, 9.17) is 0 Å². The van der Waals surface area contributed by atoms with Gasteiger partial charge in [-0.15, -0.1) is 0 Å². The highest BCUT2D eigenvalue weighted by molar-refractivity contribution is 6.50. The van der Waals surface area contributed by atoms with Crippen molar-refractivity contribution in [2.45, 2.75) is 6.54 Å². The van der Waals surface area contributed by atoms with E-state index in [2.05, 4.69) is 51.0 Å². The third kappa shape index (κ3) is 11.2. The number of benzene rings is 1. The van der Waals surface area contributed by atoms with Crippen LogP contribution in [0.15, 0.2) is 43.0 Å². The fourth-order valence-corrected chi connectivity index (χ4v) is 1.49. The maximum Gasteiger partial charge on any atom is 0.673 e. The van der Waals surface area contributed by atoms with Crippen molar-refractivity contribution in [1.29, 1.82) is 0 Å². The summed E-state index contributed by atoms with van der Waals surface area (Å²) in [6.45, 7) is 5.84. The summed E-state index contributed by atoms with van der Waals surface area (Å²) in [7, 11) is -1.57. The van der Waals surface area contributed by atoms with E-state index in [1.54, 1.807) is 0 Å². The van der Waals surface area contributed by atoms with Crippen LogP contribution >= 0.6 is 0 Å². The van der Waals surface area contributed by atoms with E-state index in [1.807, 2.05) is 6.08 Å². The third-order valence-corrected chi connectivity index (χ3v) is 2.08. The first-order valence-electron chi connectivity index (χ1n) is 5.48. The zero-order valence-corrected chi connectivity index (χ0v) is 10.6. The van der Waals surface area contributed by atoms with Gasteiger partial charge < -0.3 is 21.7 Å². The quantitative estimate of drug-likeness (QED) is 0.336. The van der Waals surface area contributed by atoms with E-state index in [0.29, 0.717) is 0 Å². The Kier molecular flexibility index (Phi) is 6.69. The lowest BCUT2D eigenvalue weighted by molar-refractivity contribution is -0.897. The van der Waals surface area contributed by atoms with Crippen LogP contribution in [0.2, 0.25) is 0 Å². The Labute approximate surface area is 105 Å². The lowest BCUT2D eigenvalue weighted by Crippen LogP contribution is -2.38. The van der Waals surface area contributed by atoms with E-state index in [-0.39, 0.29) is 0 Å². The minimum Gasteiger partial charge on any atom is -0.418 e. The van der Waals surface area contributed by atoms with Gasteiger partial charge in [0.1, 0.15) is 6.54 Å². The van der Waals surface area contributed by atoms with E-state index in [1.165, 1.54) is 5.56 Å². The van der Waals surface area contributed by atoms with E-state index in [0.717, 1.165) is 17.6 Å². The first-order valence-corrected chi connectivity index (χ1v) is 5.48. The van der Waals surface area contributed by atoms with Crippen LogP contribution in [-0.4, -0.2) is 32.4 Å². The Balaban J connectivity index is 0.000000494. The van der Waals surface area contributed by atoms with E-state index < -0.39 is 7.25 Å². The van der Waals surface area contributed by atoms with Crippen molar-refractivity contribution in [2.75, 3.05) is 20.6 Å². The highest BCUT2D eigenvalue weighted by atomic mass is 19.5. The predicted molar refractivity (Wildman–Crippen MR) is 67.5 cm³/mol. The van der Waals surface area contributed by atoms with Crippen LogP contribution in [0.5, 0.6) is 0 Å². The molecular weight excluding hydrogens is 245 g/mol. The van der Waals surface area contributed by atoms with Crippen molar-refractivity contribution in [3.8, 4) is 0 Å². The van der Waals surface area contributed by atoms with Gasteiger partial charge in [0.15, 0.2) is 0 Å². The van der Waals surface area contributed by atoms with Crippen molar-refractivity contribution in [3.63, 3.8) is 0 Å². The van der Waals surface area contributed by atoms with Gasteiger partial charge in [-0.25, -0.2) is 0 Å². The lowest BCUT2D eigenvalue weighted by Gasteiger charge is -2.28.